The standard InChI is InChI=1S/C34H42O7S/c1-32(2,3)39-29(35)23-21-26(30(36)40-33(4,5)6)28(27(22-23)31(37)41-34(7,8)9)42(38-10,24-17-13-11-14-18-24)25-19-15-12-16-20-25/h11-22H,1-10H3. The van der Waals surface area contributed by atoms with Crippen LogP contribution in [0, 0.1) is 0 Å². The van der Waals surface area contributed by atoms with Crippen molar-refractivity contribution in [2.45, 2.75) is 93.8 Å². The van der Waals surface area contributed by atoms with E-state index < -0.39 is 45.0 Å². The molecule has 0 bridgehead atoms. The Morgan fingerprint density at radius 3 is 1.19 bits per heavy atom. The molecular weight excluding hydrogens is 552 g/mol. The van der Waals surface area contributed by atoms with E-state index in [-0.39, 0.29) is 21.6 Å². The zero-order chi connectivity index (χ0) is 31.5. The summed E-state index contributed by atoms with van der Waals surface area (Å²) in [7, 11) is -1.21. The van der Waals surface area contributed by atoms with Crippen LogP contribution in [0.15, 0.2) is 87.5 Å². The quantitative estimate of drug-likeness (QED) is 0.200. The summed E-state index contributed by atoms with van der Waals surface area (Å²) in [6, 6.07) is 21.7. The molecular formula is C34H42O7S. The lowest BCUT2D eigenvalue weighted by Gasteiger charge is -2.41. The molecule has 8 heteroatoms. The summed E-state index contributed by atoms with van der Waals surface area (Å²) in [5, 5.41) is 0. The number of carbonyl (C=O) groups is 3. The van der Waals surface area contributed by atoms with Gasteiger partial charge in [-0.25, -0.2) is 14.4 Å². The third kappa shape index (κ3) is 7.81. The lowest BCUT2D eigenvalue weighted by molar-refractivity contribution is 0.00620. The first-order valence-electron chi connectivity index (χ1n) is 13.8. The second kappa shape index (κ2) is 12.3. The molecule has 0 fully saturated rings. The molecule has 0 amide bonds. The van der Waals surface area contributed by atoms with Gasteiger partial charge in [0.15, 0.2) is 0 Å². The predicted molar refractivity (Wildman–Crippen MR) is 164 cm³/mol. The highest BCUT2D eigenvalue weighted by Crippen LogP contribution is 2.70. The third-order valence-electron chi connectivity index (χ3n) is 5.65. The van der Waals surface area contributed by atoms with E-state index in [9.17, 15) is 14.4 Å². The van der Waals surface area contributed by atoms with E-state index in [1.54, 1.807) is 69.4 Å². The summed E-state index contributed by atoms with van der Waals surface area (Å²) in [5.74, 6) is -2.12. The molecule has 0 N–H and O–H groups in total. The van der Waals surface area contributed by atoms with E-state index in [1.165, 1.54) is 12.1 Å². The Morgan fingerprint density at radius 1 is 0.548 bits per heavy atom. The first kappa shape index (κ1) is 32.9. The van der Waals surface area contributed by atoms with Crippen LogP contribution in [-0.2, 0) is 18.4 Å². The van der Waals surface area contributed by atoms with Crippen molar-refractivity contribution in [1.29, 1.82) is 0 Å². The molecule has 0 radical (unpaired) electrons. The molecule has 0 aliphatic rings. The van der Waals surface area contributed by atoms with Gasteiger partial charge in [-0.05, 0) is 98.7 Å². The van der Waals surface area contributed by atoms with Gasteiger partial charge in [0.05, 0.1) is 21.6 Å². The van der Waals surface area contributed by atoms with Crippen LogP contribution < -0.4 is 0 Å². The van der Waals surface area contributed by atoms with Crippen molar-refractivity contribution in [1.82, 2.24) is 0 Å². The van der Waals surface area contributed by atoms with Gasteiger partial charge in [-0.15, -0.1) is 0 Å². The summed E-state index contributed by atoms with van der Waals surface area (Å²) in [6.45, 7) is 15.7. The fourth-order valence-electron chi connectivity index (χ4n) is 4.23. The first-order valence-corrected chi connectivity index (χ1v) is 15.3. The van der Waals surface area contributed by atoms with Crippen LogP contribution >= 0.6 is 10.3 Å². The van der Waals surface area contributed by atoms with Gasteiger partial charge in [0, 0.05) is 16.9 Å². The minimum Gasteiger partial charge on any atom is -0.456 e. The Hall–Kier alpha value is -3.62. The number of ether oxygens (including phenoxy) is 3. The molecule has 0 heterocycles. The molecule has 3 aromatic carbocycles. The van der Waals surface area contributed by atoms with Crippen molar-refractivity contribution in [2.24, 2.45) is 0 Å². The van der Waals surface area contributed by atoms with Gasteiger partial charge < -0.3 is 18.4 Å². The van der Waals surface area contributed by atoms with Gasteiger partial charge in [-0.3, -0.25) is 0 Å². The van der Waals surface area contributed by atoms with Crippen molar-refractivity contribution < 1.29 is 32.8 Å². The Morgan fingerprint density at radius 2 is 0.881 bits per heavy atom. The highest BCUT2D eigenvalue weighted by atomic mass is 32.3. The summed E-state index contributed by atoms with van der Waals surface area (Å²) in [5.41, 5.74) is -2.51. The topological polar surface area (TPSA) is 88.1 Å². The lowest BCUT2D eigenvalue weighted by atomic mass is 10.0. The van der Waals surface area contributed by atoms with E-state index in [1.807, 2.05) is 60.7 Å². The van der Waals surface area contributed by atoms with Crippen LogP contribution in [-0.4, -0.2) is 41.8 Å². The van der Waals surface area contributed by atoms with E-state index in [0.29, 0.717) is 0 Å². The average molecular weight is 595 g/mol. The van der Waals surface area contributed by atoms with Crippen LogP contribution in [0.2, 0.25) is 0 Å². The molecule has 7 nitrogen and oxygen atoms in total. The van der Waals surface area contributed by atoms with Crippen LogP contribution in [0.3, 0.4) is 0 Å². The fourth-order valence-corrected chi connectivity index (χ4v) is 7.51. The molecule has 0 atom stereocenters. The number of benzene rings is 3. The van der Waals surface area contributed by atoms with Crippen molar-refractivity contribution in [3.8, 4) is 0 Å². The maximum absolute atomic E-state index is 14.1. The third-order valence-corrected chi connectivity index (χ3v) is 9.04. The summed E-state index contributed by atoms with van der Waals surface area (Å²) in [4.78, 5) is 43.3. The van der Waals surface area contributed by atoms with Gasteiger partial charge >= 0.3 is 17.9 Å². The van der Waals surface area contributed by atoms with Gasteiger partial charge in [0.25, 0.3) is 0 Å². The SMILES string of the molecule is COS(c1ccccc1)(c1ccccc1)c1c(C(=O)OC(C)(C)C)cc(C(=O)OC(C)(C)C)cc1C(=O)OC(C)(C)C. The Balaban J connectivity index is 2.57. The van der Waals surface area contributed by atoms with Crippen molar-refractivity contribution in [2.75, 3.05) is 7.11 Å². The smallest absolute Gasteiger partial charge is 0.339 e. The van der Waals surface area contributed by atoms with Gasteiger partial charge in [0.1, 0.15) is 16.8 Å². The highest BCUT2D eigenvalue weighted by molar-refractivity contribution is 8.30. The molecule has 3 rings (SSSR count). The maximum atomic E-state index is 14.1. The molecule has 0 saturated heterocycles. The molecule has 0 saturated carbocycles. The second-order valence-corrected chi connectivity index (χ2v) is 15.6. The summed E-state index contributed by atoms with van der Waals surface area (Å²) < 4.78 is 23.8. The fraction of sp³-hybridized carbons (Fsp3) is 0.382. The number of carbonyl (C=O) groups excluding carboxylic acids is 3. The monoisotopic (exact) mass is 594 g/mol. The average Bonchev–Trinajstić information content (AvgIpc) is 2.87. The minimum atomic E-state index is -2.76. The molecule has 0 aromatic heterocycles. The van der Waals surface area contributed by atoms with E-state index in [2.05, 4.69) is 0 Å². The second-order valence-electron chi connectivity index (χ2n) is 12.8. The Bertz CT molecular complexity index is 1340. The zero-order valence-corrected chi connectivity index (χ0v) is 27.0. The van der Waals surface area contributed by atoms with Crippen LogP contribution in [0.4, 0.5) is 0 Å². The molecule has 0 aliphatic carbocycles. The van der Waals surface area contributed by atoms with Crippen molar-refractivity contribution in [3.05, 3.63) is 89.5 Å². The van der Waals surface area contributed by atoms with Crippen LogP contribution in [0.25, 0.3) is 0 Å². The summed E-state index contributed by atoms with van der Waals surface area (Å²) in [6.07, 6.45) is 0. The van der Waals surface area contributed by atoms with Gasteiger partial charge in [-0.2, -0.15) is 0 Å². The first-order chi connectivity index (χ1) is 19.4. The molecule has 0 spiro atoms. The summed E-state index contributed by atoms with van der Waals surface area (Å²) >= 11 is 0. The number of esters is 3. The Labute approximate surface area is 251 Å². The highest BCUT2D eigenvalue weighted by Gasteiger charge is 2.41. The molecule has 0 aliphatic heterocycles. The minimum absolute atomic E-state index is 0.0127. The lowest BCUT2D eigenvalue weighted by Crippen LogP contribution is -2.29. The normalized spacial score (nSPS) is 12.8. The molecule has 3 aromatic rings. The van der Waals surface area contributed by atoms with Crippen molar-refractivity contribution >= 4 is 28.2 Å². The molecule has 226 valence electrons. The van der Waals surface area contributed by atoms with Crippen molar-refractivity contribution in [3.63, 3.8) is 0 Å². The number of hydrogen-bond acceptors (Lipinski definition) is 7. The van der Waals surface area contributed by atoms with Gasteiger partial charge in [-0.1, -0.05) is 46.7 Å². The predicted octanol–water partition coefficient (Wildman–Crippen LogP) is 8.40. The molecule has 42 heavy (non-hydrogen) atoms. The Kier molecular flexibility index (Phi) is 9.64. The van der Waals surface area contributed by atoms with E-state index in [4.69, 9.17) is 18.4 Å². The number of hydrogen-bond donors (Lipinski definition) is 0. The van der Waals surface area contributed by atoms with Gasteiger partial charge in [0.2, 0.25) is 0 Å². The number of rotatable bonds is 7. The largest absolute Gasteiger partial charge is 0.456 e. The van der Waals surface area contributed by atoms with E-state index >= 15 is 0 Å². The van der Waals surface area contributed by atoms with Crippen LogP contribution in [0.1, 0.15) is 93.4 Å². The maximum Gasteiger partial charge on any atom is 0.339 e. The zero-order valence-electron chi connectivity index (χ0n) is 26.2. The van der Waals surface area contributed by atoms with E-state index in [0.717, 1.165) is 9.79 Å². The van der Waals surface area contributed by atoms with Crippen LogP contribution in [0.5, 0.6) is 0 Å². The molecule has 0 unspecified atom stereocenters.